The molecule has 0 radical (unpaired) electrons. The highest BCUT2D eigenvalue weighted by Gasteiger charge is 2.30. The van der Waals surface area contributed by atoms with Gasteiger partial charge in [-0.2, -0.15) is 4.98 Å². The molecule has 1 aliphatic rings. The second-order valence-electron chi connectivity index (χ2n) is 7.38. The average Bonchev–Trinajstić information content (AvgIpc) is 3.42. The number of aryl methyl sites for hydroxylation is 1. The predicted octanol–water partition coefficient (Wildman–Crippen LogP) is 2.81. The summed E-state index contributed by atoms with van der Waals surface area (Å²) >= 11 is 0. The molecule has 1 amide bonds. The Morgan fingerprint density at radius 2 is 1.93 bits per heavy atom. The SMILES string of the molecule is Cc1nc(Cn2cc(C(=O)N3Cc4ccccc4C(c4ccccc4)C3)nn2)no1. The van der Waals surface area contributed by atoms with Crippen molar-refractivity contribution in [3.63, 3.8) is 0 Å². The summed E-state index contributed by atoms with van der Waals surface area (Å²) in [6, 6.07) is 18.6. The summed E-state index contributed by atoms with van der Waals surface area (Å²) in [4.78, 5) is 19.2. The van der Waals surface area contributed by atoms with E-state index in [1.807, 2.05) is 29.2 Å². The third-order valence-electron chi connectivity index (χ3n) is 5.31. The van der Waals surface area contributed by atoms with Crippen molar-refractivity contribution >= 4 is 5.91 Å². The van der Waals surface area contributed by atoms with Crippen LogP contribution < -0.4 is 0 Å². The highest BCUT2D eigenvalue weighted by atomic mass is 16.5. The Kier molecular flexibility index (Phi) is 4.59. The van der Waals surface area contributed by atoms with E-state index >= 15 is 0 Å². The number of carbonyl (C=O) groups is 1. The van der Waals surface area contributed by atoms with Crippen molar-refractivity contribution in [2.24, 2.45) is 0 Å². The summed E-state index contributed by atoms with van der Waals surface area (Å²) in [5, 5.41) is 12.0. The van der Waals surface area contributed by atoms with Crippen LogP contribution in [0.3, 0.4) is 0 Å². The summed E-state index contributed by atoms with van der Waals surface area (Å²) in [7, 11) is 0. The molecule has 0 spiro atoms. The van der Waals surface area contributed by atoms with Crippen molar-refractivity contribution in [3.05, 3.63) is 94.9 Å². The minimum absolute atomic E-state index is 0.123. The van der Waals surface area contributed by atoms with Crippen molar-refractivity contribution in [2.75, 3.05) is 6.54 Å². The summed E-state index contributed by atoms with van der Waals surface area (Å²) in [6.07, 6.45) is 1.63. The quantitative estimate of drug-likeness (QED) is 0.523. The van der Waals surface area contributed by atoms with E-state index in [2.05, 4.69) is 50.8 Å². The minimum atomic E-state index is -0.138. The van der Waals surface area contributed by atoms with Crippen LogP contribution >= 0.6 is 0 Å². The lowest BCUT2D eigenvalue weighted by Gasteiger charge is -2.34. The first-order chi connectivity index (χ1) is 14.7. The van der Waals surface area contributed by atoms with Gasteiger partial charge in [-0.15, -0.1) is 5.10 Å². The Labute approximate surface area is 173 Å². The fraction of sp³-hybridized carbons (Fsp3) is 0.227. The second-order valence-corrected chi connectivity index (χ2v) is 7.38. The van der Waals surface area contributed by atoms with Crippen LogP contribution in [-0.2, 0) is 13.1 Å². The molecule has 0 saturated carbocycles. The average molecular weight is 400 g/mol. The van der Waals surface area contributed by atoms with E-state index in [1.54, 1.807) is 17.8 Å². The van der Waals surface area contributed by atoms with Gasteiger partial charge in [0.2, 0.25) is 5.89 Å². The number of rotatable bonds is 4. The Bertz CT molecular complexity index is 1180. The maximum absolute atomic E-state index is 13.2. The fourth-order valence-electron chi connectivity index (χ4n) is 3.92. The number of carbonyl (C=O) groups excluding carboxylic acids is 1. The number of nitrogens with zero attached hydrogens (tertiary/aromatic N) is 6. The minimum Gasteiger partial charge on any atom is -0.340 e. The lowest BCUT2D eigenvalue weighted by Crippen LogP contribution is -2.38. The van der Waals surface area contributed by atoms with Crippen LogP contribution in [0.2, 0.25) is 0 Å². The lowest BCUT2D eigenvalue weighted by molar-refractivity contribution is 0.0719. The molecule has 1 atom stereocenters. The molecule has 0 bridgehead atoms. The smallest absolute Gasteiger partial charge is 0.276 e. The van der Waals surface area contributed by atoms with E-state index in [1.165, 1.54) is 11.1 Å². The summed E-state index contributed by atoms with van der Waals surface area (Å²) in [5.74, 6) is 0.964. The van der Waals surface area contributed by atoms with Crippen LogP contribution in [-0.4, -0.2) is 42.5 Å². The van der Waals surface area contributed by atoms with Crippen molar-refractivity contribution in [2.45, 2.75) is 25.9 Å². The number of hydrogen-bond acceptors (Lipinski definition) is 6. The monoisotopic (exact) mass is 400 g/mol. The molecule has 0 N–H and O–H groups in total. The van der Waals surface area contributed by atoms with Gasteiger partial charge in [0.1, 0.15) is 6.54 Å². The predicted molar refractivity (Wildman–Crippen MR) is 108 cm³/mol. The summed E-state index contributed by atoms with van der Waals surface area (Å²) in [6.45, 7) is 3.17. The highest BCUT2D eigenvalue weighted by Crippen LogP contribution is 2.33. The van der Waals surface area contributed by atoms with Crippen molar-refractivity contribution in [3.8, 4) is 0 Å². The number of hydrogen-bond donors (Lipinski definition) is 0. The van der Waals surface area contributed by atoms with Crippen molar-refractivity contribution < 1.29 is 9.32 Å². The largest absolute Gasteiger partial charge is 0.340 e. The number of fused-ring (bicyclic) bond motifs is 1. The molecule has 0 saturated heterocycles. The van der Waals surface area contributed by atoms with E-state index in [4.69, 9.17) is 4.52 Å². The van der Waals surface area contributed by atoms with Gasteiger partial charge in [0.15, 0.2) is 11.5 Å². The first-order valence-electron chi connectivity index (χ1n) is 9.79. The van der Waals surface area contributed by atoms with Gasteiger partial charge in [-0.3, -0.25) is 4.79 Å². The third kappa shape index (κ3) is 3.47. The molecule has 150 valence electrons. The third-order valence-corrected chi connectivity index (χ3v) is 5.31. The molecule has 8 heteroatoms. The maximum atomic E-state index is 13.2. The van der Waals surface area contributed by atoms with Gasteiger partial charge in [0.25, 0.3) is 5.91 Å². The molecule has 3 heterocycles. The fourth-order valence-corrected chi connectivity index (χ4v) is 3.92. The Morgan fingerprint density at radius 1 is 1.13 bits per heavy atom. The Morgan fingerprint density at radius 3 is 2.73 bits per heavy atom. The standard InChI is InChI=1S/C22H20N6O2/c1-15-23-21(25-30-15)14-28-13-20(24-26-28)22(29)27-11-17-9-5-6-10-18(17)19(12-27)16-7-3-2-4-8-16/h2-10,13,19H,11-12,14H2,1H3. The Balaban J connectivity index is 1.40. The van der Waals surface area contributed by atoms with Crippen LogP contribution in [0.4, 0.5) is 0 Å². The van der Waals surface area contributed by atoms with E-state index in [-0.39, 0.29) is 11.8 Å². The molecule has 1 aliphatic heterocycles. The number of aromatic nitrogens is 5. The van der Waals surface area contributed by atoms with E-state index in [0.29, 0.717) is 37.0 Å². The van der Waals surface area contributed by atoms with Gasteiger partial charge in [0, 0.05) is 25.9 Å². The zero-order valence-electron chi connectivity index (χ0n) is 16.5. The Hall–Kier alpha value is -3.81. The van der Waals surface area contributed by atoms with E-state index < -0.39 is 0 Å². The first-order valence-corrected chi connectivity index (χ1v) is 9.79. The molecule has 5 rings (SSSR count). The van der Waals surface area contributed by atoms with Crippen molar-refractivity contribution in [1.82, 2.24) is 30.0 Å². The van der Waals surface area contributed by atoms with Crippen LogP contribution in [0.15, 0.2) is 65.3 Å². The molecular formula is C22H20N6O2. The number of benzene rings is 2. The molecule has 0 fully saturated rings. The van der Waals surface area contributed by atoms with Crippen molar-refractivity contribution in [1.29, 1.82) is 0 Å². The van der Waals surface area contributed by atoms with Gasteiger partial charge >= 0.3 is 0 Å². The molecular weight excluding hydrogens is 380 g/mol. The molecule has 2 aromatic carbocycles. The van der Waals surface area contributed by atoms with Gasteiger partial charge in [-0.05, 0) is 16.7 Å². The number of amides is 1. The summed E-state index contributed by atoms with van der Waals surface area (Å²) < 4.78 is 6.52. The zero-order valence-corrected chi connectivity index (χ0v) is 16.5. The molecule has 1 unspecified atom stereocenters. The summed E-state index contributed by atoms with van der Waals surface area (Å²) in [5.41, 5.74) is 3.92. The van der Waals surface area contributed by atoms with Crippen LogP contribution in [0.1, 0.15) is 44.8 Å². The van der Waals surface area contributed by atoms with E-state index in [9.17, 15) is 4.79 Å². The van der Waals surface area contributed by atoms with Gasteiger partial charge < -0.3 is 9.42 Å². The molecule has 2 aromatic heterocycles. The van der Waals surface area contributed by atoms with Crippen LogP contribution in [0.5, 0.6) is 0 Å². The molecule has 30 heavy (non-hydrogen) atoms. The van der Waals surface area contributed by atoms with Crippen LogP contribution in [0.25, 0.3) is 0 Å². The maximum Gasteiger partial charge on any atom is 0.276 e. The lowest BCUT2D eigenvalue weighted by atomic mass is 9.84. The molecule has 8 nitrogen and oxygen atoms in total. The van der Waals surface area contributed by atoms with Gasteiger partial charge in [-0.25, -0.2) is 4.68 Å². The normalized spacial score (nSPS) is 15.8. The van der Waals surface area contributed by atoms with Gasteiger partial charge in [-0.1, -0.05) is 65.0 Å². The van der Waals surface area contributed by atoms with Crippen LogP contribution in [0, 0.1) is 6.92 Å². The first kappa shape index (κ1) is 18.2. The zero-order chi connectivity index (χ0) is 20.5. The molecule has 0 aliphatic carbocycles. The van der Waals surface area contributed by atoms with Gasteiger partial charge in [0.05, 0.1) is 6.20 Å². The topological polar surface area (TPSA) is 89.9 Å². The molecule has 4 aromatic rings. The highest BCUT2D eigenvalue weighted by molar-refractivity contribution is 5.92. The second kappa shape index (κ2) is 7.55. The van der Waals surface area contributed by atoms with E-state index in [0.717, 1.165) is 5.56 Å².